The summed E-state index contributed by atoms with van der Waals surface area (Å²) in [5.74, 6) is 0.546. The maximum absolute atomic E-state index is 6.30. The number of hydrogen-bond donors (Lipinski definition) is 2. The van der Waals surface area contributed by atoms with Crippen molar-refractivity contribution >= 4 is 0 Å². The Balaban J connectivity index is 4.87. The van der Waals surface area contributed by atoms with Gasteiger partial charge in [0.05, 0.1) is 0 Å². The van der Waals surface area contributed by atoms with Crippen LogP contribution in [0.1, 0.15) is 80.1 Å². The monoisotopic (exact) mass is 280 g/mol. The predicted molar refractivity (Wildman–Crippen MR) is 91.5 cm³/mol. The van der Waals surface area contributed by atoms with E-state index in [0.29, 0.717) is 5.92 Å². The Morgan fingerprint density at radius 3 is 2.20 bits per heavy atom. The molecule has 1 unspecified atom stereocenters. The van der Waals surface area contributed by atoms with Crippen LogP contribution in [0.5, 0.6) is 0 Å². The van der Waals surface area contributed by atoms with Crippen LogP contribution in [0, 0.1) is 5.92 Å². The molecule has 1 atom stereocenters. The number of nitrogens with one attached hydrogen (secondary N) is 1. The Morgan fingerprint density at radius 2 is 1.70 bits per heavy atom. The van der Waals surface area contributed by atoms with Gasteiger partial charge in [-0.1, -0.05) is 52.5 Å². The van der Waals surface area contributed by atoms with E-state index in [1.807, 2.05) is 0 Å². The lowest BCUT2D eigenvalue weighted by atomic mass is 9.96. The molecule has 0 amide bonds. The molecular formula is C18H36N2. The SMILES string of the molecule is CCCCCCN/C(=C(C)/C(N)=C(\C)CC)C(C)CC. The van der Waals surface area contributed by atoms with Gasteiger partial charge in [0, 0.05) is 17.9 Å². The molecule has 0 rings (SSSR count). The summed E-state index contributed by atoms with van der Waals surface area (Å²) in [7, 11) is 0. The predicted octanol–water partition coefficient (Wildman–Crippen LogP) is 5.12. The summed E-state index contributed by atoms with van der Waals surface area (Å²) in [6.45, 7) is 14.3. The summed E-state index contributed by atoms with van der Waals surface area (Å²) in [5, 5.41) is 3.65. The molecule has 0 bridgehead atoms. The van der Waals surface area contributed by atoms with E-state index >= 15 is 0 Å². The molecule has 0 spiro atoms. The van der Waals surface area contributed by atoms with Crippen molar-refractivity contribution in [1.29, 1.82) is 0 Å². The van der Waals surface area contributed by atoms with Crippen LogP contribution in [0.3, 0.4) is 0 Å². The maximum Gasteiger partial charge on any atom is 0.0350 e. The van der Waals surface area contributed by atoms with Crippen LogP contribution in [0.15, 0.2) is 22.5 Å². The summed E-state index contributed by atoms with van der Waals surface area (Å²) < 4.78 is 0. The van der Waals surface area contributed by atoms with Gasteiger partial charge >= 0.3 is 0 Å². The normalized spacial score (nSPS) is 15.5. The van der Waals surface area contributed by atoms with Crippen LogP contribution in [-0.2, 0) is 0 Å². The van der Waals surface area contributed by atoms with E-state index in [4.69, 9.17) is 5.73 Å². The van der Waals surface area contributed by atoms with Gasteiger partial charge in [0.1, 0.15) is 0 Å². The van der Waals surface area contributed by atoms with Crippen molar-refractivity contribution in [1.82, 2.24) is 5.32 Å². The van der Waals surface area contributed by atoms with E-state index in [1.165, 1.54) is 42.5 Å². The highest BCUT2D eigenvalue weighted by Crippen LogP contribution is 2.21. The number of nitrogens with two attached hydrogens (primary N) is 1. The van der Waals surface area contributed by atoms with E-state index in [0.717, 1.165) is 25.1 Å². The van der Waals surface area contributed by atoms with Gasteiger partial charge in [0.25, 0.3) is 0 Å². The minimum absolute atomic E-state index is 0.546. The largest absolute Gasteiger partial charge is 0.399 e. The molecule has 0 radical (unpaired) electrons. The van der Waals surface area contributed by atoms with Crippen molar-refractivity contribution in [2.24, 2.45) is 11.7 Å². The minimum Gasteiger partial charge on any atom is -0.399 e. The zero-order valence-electron chi connectivity index (χ0n) is 14.6. The zero-order chi connectivity index (χ0) is 15.5. The highest BCUT2D eigenvalue weighted by molar-refractivity contribution is 5.34. The Bertz CT molecular complexity index is 326. The third kappa shape index (κ3) is 6.49. The van der Waals surface area contributed by atoms with E-state index in [2.05, 4.69) is 46.9 Å². The lowest BCUT2D eigenvalue weighted by Crippen LogP contribution is -2.23. The van der Waals surface area contributed by atoms with Crippen LogP contribution in [0.2, 0.25) is 0 Å². The van der Waals surface area contributed by atoms with Gasteiger partial charge in [-0.25, -0.2) is 0 Å². The minimum atomic E-state index is 0.546. The van der Waals surface area contributed by atoms with Crippen LogP contribution in [-0.4, -0.2) is 6.54 Å². The standard InChI is InChI=1S/C18H36N2/c1-7-10-11-12-13-20-18(15(5)9-3)16(6)17(19)14(4)8-2/h15,20H,7-13,19H2,1-6H3/b17-14-,18-16+. The summed E-state index contributed by atoms with van der Waals surface area (Å²) in [6, 6.07) is 0. The summed E-state index contributed by atoms with van der Waals surface area (Å²) in [5.41, 5.74) is 11.1. The van der Waals surface area contributed by atoms with E-state index in [9.17, 15) is 0 Å². The van der Waals surface area contributed by atoms with Gasteiger partial charge in [-0.2, -0.15) is 0 Å². The molecule has 0 saturated carbocycles. The first-order valence-corrected chi connectivity index (χ1v) is 8.39. The third-order valence-corrected chi connectivity index (χ3v) is 4.25. The molecule has 0 aliphatic heterocycles. The first-order valence-electron chi connectivity index (χ1n) is 8.39. The van der Waals surface area contributed by atoms with Crippen LogP contribution in [0.4, 0.5) is 0 Å². The van der Waals surface area contributed by atoms with Crippen molar-refractivity contribution in [2.45, 2.75) is 80.1 Å². The molecule has 0 fully saturated rings. The van der Waals surface area contributed by atoms with Crippen LogP contribution in [0.25, 0.3) is 0 Å². The molecule has 0 aromatic heterocycles. The fourth-order valence-corrected chi connectivity index (χ4v) is 2.31. The van der Waals surface area contributed by atoms with Gasteiger partial charge in [-0.15, -0.1) is 0 Å². The summed E-state index contributed by atoms with van der Waals surface area (Å²) >= 11 is 0. The van der Waals surface area contributed by atoms with Crippen molar-refractivity contribution < 1.29 is 0 Å². The average Bonchev–Trinajstić information content (AvgIpc) is 2.47. The van der Waals surface area contributed by atoms with E-state index in [1.54, 1.807) is 0 Å². The lowest BCUT2D eigenvalue weighted by molar-refractivity contribution is 0.556. The van der Waals surface area contributed by atoms with Crippen molar-refractivity contribution in [3.05, 3.63) is 22.5 Å². The smallest absolute Gasteiger partial charge is 0.0350 e. The first kappa shape index (κ1) is 19.1. The first-order chi connectivity index (χ1) is 9.49. The van der Waals surface area contributed by atoms with Crippen LogP contribution < -0.4 is 11.1 Å². The van der Waals surface area contributed by atoms with Gasteiger partial charge < -0.3 is 11.1 Å². The quantitative estimate of drug-likeness (QED) is 0.430. The molecule has 3 N–H and O–H groups in total. The van der Waals surface area contributed by atoms with Crippen molar-refractivity contribution in [3.63, 3.8) is 0 Å². The molecule has 2 heteroatoms. The third-order valence-electron chi connectivity index (χ3n) is 4.25. The van der Waals surface area contributed by atoms with Gasteiger partial charge in [-0.05, 0) is 44.6 Å². The Labute approximate surface area is 126 Å². The lowest BCUT2D eigenvalue weighted by Gasteiger charge is -2.21. The second-order valence-electron chi connectivity index (χ2n) is 5.88. The highest BCUT2D eigenvalue weighted by atomic mass is 14.9. The van der Waals surface area contributed by atoms with Gasteiger partial charge in [-0.3, -0.25) is 0 Å². The fourth-order valence-electron chi connectivity index (χ4n) is 2.31. The summed E-state index contributed by atoms with van der Waals surface area (Å²) in [6.07, 6.45) is 7.35. The number of rotatable bonds is 10. The molecular weight excluding hydrogens is 244 g/mol. The molecule has 0 saturated heterocycles. The average molecular weight is 280 g/mol. The van der Waals surface area contributed by atoms with Crippen molar-refractivity contribution in [3.8, 4) is 0 Å². The Hall–Kier alpha value is -0.920. The van der Waals surface area contributed by atoms with Crippen molar-refractivity contribution in [2.75, 3.05) is 6.54 Å². The maximum atomic E-state index is 6.30. The fraction of sp³-hybridized carbons (Fsp3) is 0.778. The van der Waals surface area contributed by atoms with Crippen LogP contribution >= 0.6 is 0 Å². The van der Waals surface area contributed by atoms with Gasteiger partial charge in [0.2, 0.25) is 0 Å². The molecule has 2 nitrogen and oxygen atoms in total. The molecule has 0 heterocycles. The Kier molecular flexibility index (Phi) is 10.3. The summed E-state index contributed by atoms with van der Waals surface area (Å²) in [4.78, 5) is 0. The highest BCUT2D eigenvalue weighted by Gasteiger charge is 2.12. The Morgan fingerprint density at radius 1 is 1.05 bits per heavy atom. The zero-order valence-corrected chi connectivity index (χ0v) is 14.6. The second kappa shape index (κ2) is 10.8. The molecule has 0 aliphatic carbocycles. The number of allylic oxidation sites excluding steroid dienone is 3. The van der Waals surface area contributed by atoms with Gasteiger partial charge in [0.15, 0.2) is 0 Å². The van der Waals surface area contributed by atoms with E-state index < -0.39 is 0 Å². The molecule has 0 aromatic carbocycles. The number of unbranched alkanes of at least 4 members (excludes halogenated alkanes) is 3. The molecule has 0 aliphatic rings. The number of hydrogen-bond acceptors (Lipinski definition) is 2. The second-order valence-corrected chi connectivity index (χ2v) is 5.88. The molecule has 0 aromatic rings. The molecule has 20 heavy (non-hydrogen) atoms. The van der Waals surface area contributed by atoms with E-state index in [-0.39, 0.29) is 0 Å². The topological polar surface area (TPSA) is 38.0 Å². The molecule has 118 valence electrons.